The third-order valence-electron chi connectivity index (χ3n) is 4.48. The molecule has 2 aromatic carbocycles. The SMILES string of the molecule is COc1cc(C(=O)NNC(=S)NC(=O)c2ccc(C(C)(C)C)c(Br)c2)cc(OC)c1OC. The van der Waals surface area contributed by atoms with Gasteiger partial charge in [-0.05, 0) is 47.5 Å². The van der Waals surface area contributed by atoms with Gasteiger partial charge in [-0.25, -0.2) is 0 Å². The van der Waals surface area contributed by atoms with Crippen LogP contribution in [0.15, 0.2) is 34.8 Å². The highest BCUT2D eigenvalue weighted by Gasteiger charge is 2.19. The van der Waals surface area contributed by atoms with E-state index < -0.39 is 11.8 Å². The van der Waals surface area contributed by atoms with Crippen LogP contribution in [0.5, 0.6) is 17.2 Å². The molecule has 0 radical (unpaired) electrons. The molecule has 0 saturated carbocycles. The Morgan fingerprint density at radius 1 is 0.875 bits per heavy atom. The fourth-order valence-corrected chi connectivity index (χ4v) is 3.99. The maximum Gasteiger partial charge on any atom is 0.269 e. The van der Waals surface area contributed by atoms with E-state index >= 15 is 0 Å². The normalized spacial score (nSPS) is 10.7. The Labute approximate surface area is 201 Å². The lowest BCUT2D eigenvalue weighted by Crippen LogP contribution is -2.48. The summed E-state index contributed by atoms with van der Waals surface area (Å²) in [5.41, 5.74) is 6.61. The molecule has 8 nitrogen and oxygen atoms in total. The van der Waals surface area contributed by atoms with E-state index in [9.17, 15) is 9.59 Å². The van der Waals surface area contributed by atoms with E-state index in [0.29, 0.717) is 22.8 Å². The first-order valence-corrected chi connectivity index (χ1v) is 10.7. The Balaban J connectivity index is 2.03. The average molecular weight is 524 g/mol. The number of hydrazine groups is 1. The molecule has 0 heterocycles. The van der Waals surface area contributed by atoms with Gasteiger partial charge in [0.25, 0.3) is 11.8 Å². The van der Waals surface area contributed by atoms with Crippen molar-refractivity contribution in [1.82, 2.24) is 16.2 Å². The van der Waals surface area contributed by atoms with Crippen molar-refractivity contribution in [2.75, 3.05) is 21.3 Å². The largest absolute Gasteiger partial charge is 0.493 e. The molecule has 0 saturated heterocycles. The number of ether oxygens (including phenoxy) is 3. The van der Waals surface area contributed by atoms with Gasteiger partial charge in [-0.2, -0.15) is 0 Å². The van der Waals surface area contributed by atoms with E-state index in [4.69, 9.17) is 26.4 Å². The molecule has 0 aliphatic heterocycles. The van der Waals surface area contributed by atoms with Crippen LogP contribution in [0.4, 0.5) is 0 Å². The van der Waals surface area contributed by atoms with Crippen LogP contribution in [0, 0.1) is 0 Å². The zero-order valence-corrected chi connectivity index (χ0v) is 21.1. The summed E-state index contributed by atoms with van der Waals surface area (Å²) < 4.78 is 16.6. The fraction of sp³-hybridized carbons (Fsp3) is 0.318. The predicted molar refractivity (Wildman–Crippen MR) is 130 cm³/mol. The number of carbonyl (C=O) groups excluding carboxylic acids is 2. The number of methoxy groups -OCH3 is 3. The van der Waals surface area contributed by atoms with Crippen LogP contribution >= 0.6 is 28.1 Å². The smallest absolute Gasteiger partial charge is 0.269 e. The zero-order chi connectivity index (χ0) is 24.1. The monoisotopic (exact) mass is 523 g/mol. The molecular weight excluding hydrogens is 498 g/mol. The summed E-state index contributed by atoms with van der Waals surface area (Å²) >= 11 is 8.63. The van der Waals surface area contributed by atoms with Crippen LogP contribution in [0.25, 0.3) is 0 Å². The van der Waals surface area contributed by atoms with Gasteiger partial charge in [0.1, 0.15) is 0 Å². The Kier molecular flexibility index (Phi) is 8.45. The minimum Gasteiger partial charge on any atom is -0.493 e. The number of benzene rings is 2. The van der Waals surface area contributed by atoms with Crippen molar-refractivity contribution in [3.63, 3.8) is 0 Å². The molecule has 10 heteroatoms. The maximum atomic E-state index is 12.5. The Bertz CT molecular complexity index is 1010. The summed E-state index contributed by atoms with van der Waals surface area (Å²) in [5, 5.41) is 2.47. The summed E-state index contributed by atoms with van der Waals surface area (Å²) in [4.78, 5) is 25.0. The molecule has 0 aromatic heterocycles. The van der Waals surface area contributed by atoms with E-state index in [-0.39, 0.29) is 16.1 Å². The van der Waals surface area contributed by atoms with Crippen molar-refractivity contribution < 1.29 is 23.8 Å². The van der Waals surface area contributed by atoms with Gasteiger partial charge < -0.3 is 14.2 Å². The Morgan fingerprint density at radius 3 is 1.94 bits per heavy atom. The Hall–Kier alpha value is -2.85. The standard InChI is InChI=1S/C22H26BrN3O5S/c1-22(2,3)14-8-7-12(9-15(14)23)19(27)24-21(32)26-25-20(28)13-10-16(29-4)18(31-6)17(11-13)30-5/h7-11H,1-6H3,(H,25,28)(H2,24,26,27,32). The minimum atomic E-state index is -0.516. The topological polar surface area (TPSA) is 97.9 Å². The van der Waals surface area contributed by atoms with Gasteiger partial charge in [-0.3, -0.25) is 25.8 Å². The van der Waals surface area contributed by atoms with Crippen molar-refractivity contribution in [1.29, 1.82) is 0 Å². The first-order chi connectivity index (χ1) is 15.0. The first-order valence-electron chi connectivity index (χ1n) is 9.53. The molecule has 2 rings (SSSR count). The summed E-state index contributed by atoms with van der Waals surface area (Å²) in [6, 6.07) is 8.33. The number of amides is 2. The zero-order valence-electron chi connectivity index (χ0n) is 18.7. The van der Waals surface area contributed by atoms with Crippen LogP contribution in [0.2, 0.25) is 0 Å². The number of hydrogen-bond donors (Lipinski definition) is 3. The molecule has 0 spiro atoms. The van der Waals surface area contributed by atoms with Gasteiger partial charge in [0.15, 0.2) is 16.6 Å². The van der Waals surface area contributed by atoms with Crippen LogP contribution in [0.1, 0.15) is 47.1 Å². The molecule has 3 N–H and O–H groups in total. The van der Waals surface area contributed by atoms with Crippen LogP contribution in [-0.4, -0.2) is 38.3 Å². The lowest BCUT2D eigenvalue weighted by atomic mass is 9.86. The van der Waals surface area contributed by atoms with E-state index in [2.05, 4.69) is 52.9 Å². The van der Waals surface area contributed by atoms with Crippen LogP contribution in [0.3, 0.4) is 0 Å². The molecule has 2 amide bonds. The van der Waals surface area contributed by atoms with Gasteiger partial charge in [0, 0.05) is 15.6 Å². The predicted octanol–water partition coefficient (Wildman–Crippen LogP) is 3.72. The summed E-state index contributed by atoms with van der Waals surface area (Å²) in [7, 11) is 4.38. The average Bonchev–Trinajstić information content (AvgIpc) is 2.75. The Morgan fingerprint density at radius 2 is 1.47 bits per heavy atom. The van der Waals surface area contributed by atoms with Crippen LogP contribution in [-0.2, 0) is 5.41 Å². The second-order valence-electron chi connectivity index (χ2n) is 7.72. The highest BCUT2D eigenvalue weighted by atomic mass is 79.9. The lowest BCUT2D eigenvalue weighted by molar-refractivity contribution is 0.0934. The van der Waals surface area contributed by atoms with Gasteiger partial charge in [0.2, 0.25) is 5.75 Å². The van der Waals surface area contributed by atoms with Gasteiger partial charge in [-0.1, -0.05) is 42.8 Å². The number of nitrogens with one attached hydrogen (secondary N) is 3. The van der Waals surface area contributed by atoms with Gasteiger partial charge in [0.05, 0.1) is 21.3 Å². The third kappa shape index (κ3) is 6.10. The molecule has 172 valence electrons. The molecule has 0 aliphatic rings. The molecule has 0 unspecified atom stereocenters. The van der Waals surface area contributed by atoms with E-state index in [1.807, 2.05) is 6.07 Å². The minimum absolute atomic E-state index is 0.0631. The molecular formula is C22H26BrN3O5S. The van der Waals surface area contributed by atoms with E-state index in [0.717, 1.165) is 10.0 Å². The van der Waals surface area contributed by atoms with Crippen molar-refractivity contribution in [3.05, 3.63) is 51.5 Å². The summed E-state index contributed by atoms with van der Waals surface area (Å²) in [6.45, 7) is 6.26. The number of hydrogen-bond acceptors (Lipinski definition) is 6. The second-order valence-corrected chi connectivity index (χ2v) is 8.98. The van der Waals surface area contributed by atoms with E-state index in [1.54, 1.807) is 12.1 Å². The number of thiocarbonyl (C=S) groups is 1. The summed E-state index contributed by atoms with van der Waals surface area (Å²) in [6.07, 6.45) is 0. The van der Waals surface area contributed by atoms with Gasteiger partial charge in [-0.15, -0.1) is 0 Å². The van der Waals surface area contributed by atoms with Crippen molar-refractivity contribution in [2.24, 2.45) is 0 Å². The lowest BCUT2D eigenvalue weighted by Gasteiger charge is -2.21. The second kappa shape index (κ2) is 10.6. The third-order valence-corrected chi connectivity index (χ3v) is 5.34. The quantitative estimate of drug-likeness (QED) is 0.405. The van der Waals surface area contributed by atoms with Crippen molar-refractivity contribution in [2.45, 2.75) is 26.2 Å². The number of halogens is 1. The molecule has 0 bridgehead atoms. The van der Waals surface area contributed by atoms with Crippen LogP contribution < -0.4 is 30.4 Å². The molecule has 2 aromatic rings. The highest BCUT2D eigenvalue weighted by Crippen LogP contribution is 2.38. The van der Waals surface area contributed by atoms with Crippen molar-refractivity contribution in [3.8, 4) is 17.2 Å². The summed E-state index contributed by atoms with van der Waals surface area (Å²) in [5.74, 6) is 0.101. The molecule has 32 heavy (non-hydrogen) atoms. The molecule has 0 fully saturated rings. The van der Waals surface area contributed by atoms with Crippen molar-refractivity contribution >= 4 is 45.1 Å². The number of rotatable bonds is 5. The highest BCUT2D eigenvalue weighted by molar-refractivity contribution is 9.10. The fourth-order valence-electron chi connectivity index (χ4n) is 2.87. The molecule has 0 atom stereocenters. The van der Waals surface area contributed by atoms with E-state index in [1.165, 1.54) is 33.5 Å². The first kappa shape index (κ1) is 25.4. The number of carbonyl (C=O) groups is 2. The maximum absolute atomic E-state index is 12.5. The molecule has 0 aliphatic carbocycles. The van der Waals surface area contributed by atoms with Gasteiger partial charge >= 0.3 is 0 Å².